The minimum atomic E-state index is -0.111. The van der Waals surface area contributed by atoms with E-state index in [2.05, 4.69) is 46.0 Å². The Bertz CT molecular complexity index is 1250. The van der Waals surface area contributed by atoms with E-state index in [4.69, 9.17) is 14.7 Å². The molecule has 1 N–H and O–H groups in total. The van der Waals surface area contributed by atoms with Crippen LogP contribution >= 0.6 is 0 Å². The van der Waals surface area contributed by atoms with Crippen LogP contribution in [0.1, 0.15) is 29.7 Å². The van der Waals surface area contributed by atoms with Gasteiger partial charge in [0.1, 0.15) is 0 Å². The van der Waals surface area contributed by atoms with Crippen molar-refractivity contribution < 1.29 is 4.74 Å². The smallest absolute Gasteiger partial charge is 0.205 e. The van der Waals surface area contributed by atoms with Crippen molar-refractivity contribution in [3.05, 3.63) is 58.6 Å². The van der Waals surface area contributed by atoms with Gasteiger partial charge in [0, 0.05) is 37.3 Å². The highest BCUT2D eigenvalue weighted by Gasteiger charge is 2.18. The summed E-state index contributed by atoms with van der Waals surface area (Å²) in [4.78, 5) is 12.3. The van der Waals surface area contributed by atoms with Crippen molar-refractivity contribution in [3.63, 3.8) is 0 Å². The van der Waals surface area contributed by atoms with Crippen LogP contribution in [0.2, 0.25) is 0 Å². The lowest BCUT2D eigenvalue weighted by atomic mass is 9.98. The molecule has 0 bridgehead atoms. The molecule has 2 aliphatic heterocycles. The number of nitriles is 1. The Morgan fingerprint density at radius 3 is 2.84 bits per heavy atom. The average Bonchev–Trinajstić information content (AvgIpc) is 3.28. The third kappa shape index (κ3) is 3.53. The maximum absolute atomic E-state index is 9.40. The van der Waals surface area contributed by atoms with E-state index in [9.17, 15) is 5.26 Å². The first-order chi connectivity index (χ1) is 15.2. The Hall–Kier alpha value is -3.37. The Morgan fingerprint density at radius 1 is 1.19 bits per heavy atom. The molecule has 2 aliphatic rings. The lowest BCUT2D eigenvalue weighted by Crippen LogP contribution is -2.36. The predicted molar refractivity (Wildman–Crippen MR) is 121 cm³/mol. The van der Waals surface area contributed by atoms with Gasteiger partial charge in [0.05, 0.1) is 36.4 Å². The van der Waals surface area contributed by atoms with Crippen molar-refractivity contribution >= 4 is 22.5 Å². The summed E-state index contributed by atoms with van der Waals surface area (Å²) in [5.74, 6) is 0.861. The zero-order valence-corrected chi connectivity index (χ0v) is 17.9. The van der Waals surface area contributed by atoms with Gasteiger partial charge in [-0.2, -0.15) is 10.2 Å². The average molecular weight is 415 g/mol. The summed E-state index contributed by atoms with van der Waals surface area (Å²) >= 11 is 0. The highest BCUT2D eigenvalue weighted by atomic mass is 16.5. The van der Waals surface area contributed by atoms with Crippen molar-refractivity contribution in [3.8, 4) is 6.07 Å². The van der Waals surface area contributed by atoms with E-state index in [1.54, 1.807) is 0 Å². The van der Waals surface area contributed by atoms with Crippen LogP contribution in [0.4, 0.5) is 11.6 Å². The fraction of sp³-hybridized carbons (Fsp3) is 0.375. The zero-order chi connectivity index (χ0) is 21.4. The third-order valence-corrected chi connectivity index (χ3v) is 6.24. The second kappa shape index (κ2) is 8.05. The molecular weight excluding hydrogens is 388 g/mol. The number of nitrogens with one attached hydrogen (secondary N) is 1. The van der Waals surface area contributed by atoms with Crippen molar-refractivity contribution in [2.75, 3.05) is 43.1 Å². The molecule has 7 heteroatoms. The molecule has 0 radical (unpaired) electrons. The molecule has 3 aromatic rings. The van der Waals surface area contributed by atoms with Crippen LogP contribution < -0.4 is 15.7 Å². The maximum atomic E-state index is 9.40. The second-order valence-electron chi connectivity index (χ2n) is 8.07. The minimum Gasteiger partial charge on any atom is -0.378 e. The summed E-state index contributed by atoms with van der Waals surface area (Å²) in [6, 6.07) is 14.6. The molecule has 1 fully saturated rings. The van der Waals surface area contributed by atoms with Crippen LogP contribution in [0, 0.1) is 18.3 Å². The number of hydrogen-bond acceptors (Lipinski definition) is 6. The van der Waals surface area contributed by atoms with E-state index in [0.717, 1.165) is 72.9 Å². The number of hydrogen-bond donors (Lipinski definition) is 1. The van der Waals surface area contributed by atoms with Crippen molar-refractivity contribution in [1.82, 2.24) is 9.55 Å². The Labute approximate surface area is 181 Å². The molecule has 1 aromatic heterocycles. The van der Waals surface area contributed by atoms with E-state index in [1.807, 2.05) is 25.1 Å². The molecule has 0 amide bonds. The standard InChI is InChI=1S/C24H26N6O/c1-16-18(15-25)4-3-5-20(16)17(2)27-23-21-14-19(29-10-12-31-13-11-29)6-7-22(21)30-9-8-26-24(30)28-23/h3-7,14,17H,8-13H2,1-2H3,(H,26,27,28)/t17-/m1/s1. The molecule has 0 saturated carbocycles. The molecule has 0 unspecified atom stereocenters. The van der Waals surface area contributed by atoms with E-state index < -0.39 is 0 Å². The molecule has 2 aromatic carbocycles. The summed E-state index contributed by atoms with van der Waals surface area (Å²) in [6.45, 7) is 9.11. The summed E-state index contributed by atoms with van der Waals surface area (Å²) in [5, 5.41) is 13.8. The Balaban J connectivity index is 1.66. The van der Waals surface area contributed by atoms with Crippen LogP contribution in [0.3, 0.4) is 0 Å². The van der Waals surface area contributed by atoms with Gasteiger partial charge in [-0.25, -0.2) is 0 Å². The molecule has 3 heterocycles. The number of aromatic nitrogens is 2. The quantitative estimate of drug-likeness (QED) is 0.712. The summed E-state index contributed by atoms with van der Waals surface area (Å²) < 4.78 is 7.74. The second-order valence-corrected chi connectivity index (χ2v) is 8.07. The van der Waals surface area contributed by atoms with Gasteiger partial charge in [-0.15, -0.1) is 0 Å². The predicted octanol–water partition coefficient (Wildman–Crippen LogP) is 3.14. The van der Waals surface area contributed by atoms with Gasteiger partial charge in [0.2, 0.25) is 5.95 Å². The molecule has 0 spiro atoms. The summed E-state index contributed by atoms with van der Waals surface area (Å²) in [7, 11) is 0. The van der Waals surface area contributed by atoms with Crippen LogP contribution in [-0.4, -0.2) is 42.4 Å². The highest BCUT2D eigenvalue weighted by Crippen LogP contribution is 2.26. The largest absolute Gasteiger partial charge is 0.378 e. The van der Waals surface area contributed by atoms with Crippen LogP contribution in [-0.2, 0) is 11.3 Å². The van der Waals surface area contributed by atoms with Gasteiger partial charge in [-0.3, -0.25) is 4.99 Å². The van der Waals surface area contributed by atoms with Crippen molar-refractivity contribution in [2.45, 2.75) is 26.4 Å². The number of morpholine rings is 1. The molecule has 7 nitrogen and oxygen atoms in total. The molecule has 158 valence electrons. The fourth-order valence-electron chi connectivity index (χ4n) is 4.51. The lowest BCUT2D eigenvalue weighted by Gasteiger charge is -2.29. The van der Waals surface area contributed by atoms with E-state index in [1.165, 1.54) is 5.69 Å². The maximum Gasteiger partial charge on any atom is 0.205 e. The van der Waals surface area contributed by atoms with Crippen LogP contribution in [0.25, 0.3) is 10.9 Å². The Morgan fingerprint density at radius 2 is 2.03 bits per heavy atom. The molecule has 31 heavy (non-hydrogen) atoms. The van der Waals surface area contributed by atoms with Gasteiger partial charge in [0.15, 0.2) is 5.49 Å². The number of benzene rings is 2. The van der Waals surface area contributed by atoms with Gasteiger partial charge in [-0.1, -0.05) is 12.1 Å². The number of fused-ring (bicyclic) bond motifs is 3. The normalized spacial score (nSPS) is 17.3. The van der Waals surface area contributed by atoms with Crippen LogP contribution in [0.5, 0.6) is 0 Å². The summed E-state index contributed by atoms with van der Waals surface area (Å²) in [6.07, 6.45) is 0. The van der Waals surface area contributed by atoms with Gasteiger partial charge < -0.3 is 19.5 Å². The van der Waals surface area contributed by atoms with E-state index in [-0.39, 0.29) is 6.04 Å². The number of nitrogens with zero attached hydrogens (tertiary/aromatic N) is 5. The van der Waals surface area contributed by atoms with E-state index >= 15 is 0 Å². The molecule has 1 saturated heterocycles. The fourth-order valence-corrected chi connectivity index (χ4v) is 4.51. The third-order valence-electron chi connectivity index (χ3n) is 6.24. The Kier molecular flexibility index (Phi) is 5.08. The van der Waals surface area contributed by atoms with Crippen LogP contribution in [0.15, 0.2) is 41.4 Å². The monoisotopic (exact) mass is 414 g/mol. The summed E-state index contributed by atoms with van der Waals surface area (Å²) in [5.41, 5.74) is 5.78. The van der Waals surface area contributed by atoms with Gasteiger partial charge >= 0.3 is 0 Å². The minimum absolute atomic E-state index is 0.111. The number of rotatable bonds is 3. The topological polar surface area (TPSA) is 78.5 Å². The molecular formula is C24H26N6O. The molecule has 1 atom stereocenters. The lowest BCUT2D eigenvalue weighted by molar-refractivity contribution is 0.122. The first-order valence-corrected chi connectivity index (χ1v) is 10.8. The zero-order valence-electron chi connectivity index (χ0n) is 17.9. The highest BCUT2D eigenvalue weighted by molar-refractivity contribution is 5.83. The van der Waals surface area contributed by atoms with Gasteiger partial charge in [-0.05, 0) is 49.2 Å². The van der Waals surface area contributed by atoms with Crippen molar-refractivity contribution in [1.29, 1.82) is 5.26 Å². The number of anilines is 2. The van der Waals surface area contributed by atoms with Crippen molar-refractivity contribution in [2.24, 2.45) is 4.99 Å². The first-order valence-electron chi connectivity index (χ1n) is 10.8. The SMILES string of the molecule is Cc1c(C#N)cccc1[C@@H](C)N=c1nc2n(c3ccc(N4CCOCC4)cc13)CCN2. The first kappa shape index (κ1) is 19.6. The van der Waals surface area contributed by atoms with Gasteiger partial charge in [0.25, 0.3) is 0 Å². The number of ether oxygens (including phenoxy) is 1. The van der Waals surface area contributed by atoms with E-state index in [0.29, 0.717) is 5.56 Å². The molecule has 0 aliphatic carbocycles. The molecule has 5 rings (SSSR count).